The van der Waals surface area contributed by atoms with E-state index in [4.69, 9.17) is 0 Å². The fourth-order valence-electron chi connectivity index (χ4n) is 11.5. The lowest BCUT2D eigenvalue weighted by Crippen LogP contribution is -2.12. The number of ketones is 2. The van der Waals surface area contributed by atoms with Gasteiger partial charge in [-0.25, -0.2) is 0 Å². The number of benzene rings is 7. The van der Waals surface area contributed by atoms with Gasteiger partial charge in [0.1, 0.15) is 0 Å². The van der Waals surface area contributed by atoms with E-state index in [9.17, 15) is 9.59 Å². The molecule has 0 aromatic heterocycles. The van der Waals surface area contributed by atoms with E-state index in [1.165, 1.54) is 157 Å². The van der Waals surface area contributed by atoms with Gasteiger partial charge in [-0.15, -0.1) is 0 Å². The van der Waals surface area contributed by atoms with Gasteiger partial charge in [0, 0.05) is 33.0 Å². The summed E-state index contributed by atoms with van der Waals surface area (Å²) in [5.74, 6) is 1.87. The highest BCUT2D eigenvalue weighted by molar-refractivity contribution is 6.42. The Balaban J connectivity index is 1.13. The number of hydrogen-bond acceptors (Lipinski definition) is 2. The summed E-state index contributed by atoms with van der Waals surface area (Å²) in [6.45, 7) is 9.33. The van der Waals surface area contributed by atoms with Gasteiger partial charge in [0.15, 0.2) is 11.6 Å². The molecule has 0 fully saturated rings. The van der Waals surface area contributed by atoms with Crippen molar-refractivity contribution in [2.45, 2.75) is 156 Å². The number of rotatable bonds is 22. The summed E-state index contributed by atoms with van der Waals surface area (Å²) in [7, 11) is 0. The SMILES string of the molecule is CC(C)CCCCCCCCCCc1cc2c3c(ccc4c5c(CCCCCCCCCCC(C)C)cc6c7c(ccc(c1c34)c75)C(=O)c1ccccc1-6)C(=O)c1ccccc1-2. The van der Waals surface area contributed by atoms with Gasteiger partial charge in [0.2, 0.25) is 0 Å². The molecule has 320 valence electrons. The quantitative estimate of drug-likeness (QED) is 0.0388. The fourth-order valence-corrected chi connectivity index (χ4v) is 11.5. The van der Waals surface area contributed by atoms with Crippen LogP contribution in [0, 0.1) is 11.8 Å². The van der Waals surface area contributed by atoms with Crippen LogP contribution in [0.4, 0.5) is 0 Å². The first-order valence-electron chi connectivity index (χ1n) is 24.9. The van der Waals surface area contributed by atoms with Gasteiger partial charge in [-0.3, -0.25) is 9.59 Å². The molecule has 0 saturated carbocycles. The molecule has 0 unspecified atom stereocenters. The molecule has 0 amide bonds. The molecule has 62 heavy (non-hydrogen) atoms. The van der Waals surface area contributed by atoms with Crippen molar-refractivity contribution in [1.82, 2.24) is 0 Å². The molecule has 0 aliphatic heterocycles. The minimum atomic E-state index is 0.126. The standard InChI is InChI=1S/C60H68O2/c1-39(2)25-17-13-9-5-7-11-15-19-27-41-37-51-43-29-21-23-31-45(43)59(61)49-36-34-48-54-42(28-20-16-12-8-6-10-14-18-26-40(3)4)38-52-44-30-22-24-32-46(44)60(62)50-35-33-47(58(54)56(50)52)53(41)57(48)55(49)51/h21-24,29-40H,5-20,25-28H2,1-4H3. The van der Waals surface area contributed by atoms with Gasteiger partial charge in [-0.2, -0.15) is 0 Å². The van der Waals surface area contributed by atoms with Crippen LogP contribution in [-0.2, 0) is 12.8 Å². The van der Waals surface area contributed by atoms with E-state index in [0.29, 0.717) is 0 Å². The average Bonchev–Trinajstić information content (AvgIpc) is 3.28. The molecular formula is C60H68O2. The lowest BCUT2D eigenvalue weighted by atomic mass is 9.74. The van der Waals surface area contributed by atoms with E-state index >= 15 is 0 Å². The minimum Gasteiger partial charge on any atom is -0.289 e. The summed E-state index contributed by atoms with van der Waals surface area (Å²) in [5, 5.41) is 9.78. The van der Waals surface area contributed by atoms with E-state index in [1.54, 1.807) is 0 Å². The summed E-state index contributed by atoms with van der Waals surface area (Å²) in [5.41, 5.74) is 10.6. The molecule has 0 spiro atoms. The highest BCUT2D eigenvalue weighted by Gasteiger charge is 2.32. The van der Waals surface area contributed by atoms with E-state index < -0.39 is 0 Å². The van der Waals surface area contributed by atoms with Gasteiger partial charge < -0.3 is 0 Å². The summed E-state index contributed by atoms with van der Waals surface area (Å²) < 4.78 is 0. The number of aryl methyl sites for hydroxylation is 2. The van der Waals surface area contributed by atoms with Crippen LogP contribution in [0.15, 0.2) is 84.9 Å². The van der Waals surface area contributed by atoms with Crippen LogP contribution in [0.1, 0.15) is 186 Å². The van der Waals surface area contributed by atoms with Crippen LogP contribution in [0.25, 0.3) is 65.3 Å². The monoisotopic (exact) mass is 821 g/mol. The van der Waals surface area contributed by atoms with Crippen molar-refractivity contribution in [3.05, 3.63) is 118 Å². The molecule has 0 bridgehead atoms. The first-order chi connectivity index (χ1) is 30.3. The van der Waals surface area contributed by atoms with Crippen LogP contribution < -0.4 is 0 Å². The summed E-state index contributed by atoms with van der Waals surface area (Å²) in [4.78, 5) is 28.8. The molecule has 2 heteroatoms. The molecule has 0 N–H and O–H groups in total. The topological polar surface area (TPSA) is 34.1 Å². The maximum atomic E-state index is 14.4. The second kappa shape index (κ2) is 18.9. The number of hydrogen-bond donors (Lipinski definition) is 0. The van der Waals surface area contributed by atoms with Gasteiger partial charge in [0.05, 0.1) is 0 Å². The Kier molecular flexibility index (Phi) is 12.9. The van der Waals surface area contributed by atoms with E-state index in [0.717, 1.165) is 81.7 Å². The zero-order valence-corrected chi connectivity index (χ0v) is 38.2. The Labute approximate surface area is 371 Å². The maximum Gasteiger partial charge on any atom is 0.194 e. The number of fused-ring (bicyclic) bond motifs is 6. The fraction of sp³-hybridized carbons (Fsp3) is 0.433. The minimum absolute atomic E-state index is 0.126. The lowest BCUT2D eigenvalue weighted by molar-refractivity contribution is 0.103. The molecule has 0 heterocycles. The molecule has 2 nitrogen and oxygen atoms in total. The van der Waals surface area contributed by atoms with Crippen LogP contribution in [0.3, 0.4) is 0 Å². The highest BCUT2D eigenvalue weighted by atomic mass is 16.1. The van der Waals surface area contributed by atoms with Crippen molar-refractivity contribution in [1.29, 1.82) is 0 Å². The Morgan fingerprint density at radius 3 is 1.03 bits per heavy atom. The summed E-state index contributed by atoms with van der Waals surface area (Å²) in [6.07, 6.45) is 25.5. The highest BCUT2D eigenvalue weighted by Crippen LogP contribution is 2.53. The van der Waals surface area contributed by atoms with Crippen LogP contribution >= 0.6 is 0 Å². The molecule has 0 saturated heterocycles. The van der Waals surface area contributed by atoms with Crippen molar-refractivity contribution in [2.75, 3.05) is 0 Å². The van der Waals surface area contributed by atoms with Crippen LogP contribution in [-0.4, -0.2) is 11.6 Å². The zero-order valence-electron chi connectivity index (χ0n) is 38.2. The number of carbonyl (C=O) groups is 2. The summed E-state index contributed by atoms with van der Waals surface area (Å²) in [6, 6.07) is 30.2. The first-order valence-corrected chi connectivity index (χ1v) is 24.9. The van der Waals surface area contributed by atoms with Crippen LogP contribution in [0.5, 0.6) is 0 Å². The van der Waals surface area contributed by atoms with Gasteiger partial charge in [-0.05, 0) is 127 Å². The number of carbonyl (C=O) groups excluding carboxylic acids is 2. The van der Waals surface area contributed by atoms with Crippen molar-refractivity contribution in [2.24, 2.45) is 11.8 Å². The molecule has 0 radical (unpaired) electrons. The average molecular weight is 821 g/mol. The van der Waals surface area contributed by atoms with Crippen molar-refractivity contribution < 1.29 is 9.59 Å². The van der Waals surface area contributed by atoms with Gasteiger partial charge in [-0.1, -0.05) is 191 Å². The molecule has 7 aromatic carbocycles. The molecule has 0 atom stereocenters. The number of unbranched alkanes of at least 4 members (excludes halogenated alkanes) is 14. The second-order valence-corrected chi connectivity index (χ2v) is 20.0. The molecule has 7 aromatic rings. The normalized spacial score (nSPS) is 13.2. The second-order valence-electron chi connectivity index (χ2n) is 20.0. The Morgan fingerprint density at radius 2 is 0.661 bits per heavy atom. The Hall–Kier alpha value is -4.82. The third-order valence-corrected chi connectivity index (χ3v) is 14.6. The Morgan fingerprint density at radius 1 is 0.323 bits per heavy atom. The lowest BCUT2D eigenvalue weighted by Gasteiger charge is -2.28. The summed E-state index contributed by atoms with van der Waals surface area (Å²) >= 11 is 0. The van der Waals surface area contributed by atoms with Gasteiger partial charge in [0.25, 0.3) is 0 Å². The van der Waals surface area contributed by atoms with E-state index in [-0.39, 0.29) is 11.6 Å². The van der Waals surface area contributed by atoms with Crippen molar-refractivity contribution >= 4 is 54.7 Å². The predicted molar refractivity (Wildman–Crippen MR) is 266 cm³/mol. The van der Waals surface area contributed by atoms with Gasteiger partial charge >= 0.3 is 0 Å². The van der Waals surface area contributed by atoms with E-state index in [2.05, 4.69) is 88.4 Å². The maximum absolute atomic E-state index is 14.4. The molecule has 2 aliphatic carbocycles. The molecule has 9 rings (SSSR count). The predicted octanol–water partition coefficient (Wildman–Crippen LogP) is 17.6. The Bertz CT molecular complexity index is 2550. The smallest absolute Gasteiger partial charge is 0.194 e. The van der Waals surface area contributed by atoms with Crippen molar-refractivity contribution in [3.8, 4) is 22.3 Å². The largest absolute Gasteiger partial charge is 0.289 e. The van der Waals surface area contributed by atoms with Crippen LogP contribution in [0.2, 0.25) is 0 Å². The molecule has 2 aliphatic rings. The third kappa shape index (κ3) is 8.13. The van der Waals surface area contributed by atoms with E-state index in [1.807, 2.05) is 24.3 Å². The zero-order chi connectivity index (χ0) is 42.7. The van der Waals surface area contributed by atoms with Crippen molar-refractivity contribution in [3.63, 3.8) is 0 Å². The molecular weight excluding hydrogens is 753 g/mol. The first kappa shape index (κ1) is 42.5. The third-order valence-electron chi connectivity index (χ3n) is 14.6.